The summed E-state index contributed by atoms with van der Waals surface area (Å²) in [5, 5.41) is 3.29. The Morgan fingerprint density at radius 3 is 2.42 bits per heavy atom. The van der Waals surface area contributed by atoms with E-state index in [4.69, 9.17) is 11.6 Å². The summed E-state index contributed by atoms with van der Waals surface area (Å²) >= 11 is 7.36. The van der Waals surface area contributed by atoms with E-state index in [0.717, 1.165) is 5.56 Å². The highest BCUT2D eigenvalue weighted by Crippen LogP contribution is 2.24. The molecule has 2 rings (SSSR count). The number of amides is 2. The summed E-state index contributed by atoms with van der Waals surface area (Å²) < 4.78 is 14.0. The number of thioether (sulfide) groups is 1. The van der Waals surface area contributed by atoms with E-state index < -0.39 is 11.6 Å². The summed E-state index contributed by atoms with van der Waals surface area (Å²) in [5.74, 6) is -0.328. The van der Waals surface area contributed by atoms with Crippen molar-refractivity contribution < 1.29 is 14.0 Å². The number of carbonyl (C=O) groups excluding carboxylic acids is 2. The number of hydrogen-bond acceptors (Lipinski definition) is 3. The first-order valence-electron chi connectivity index (χ1n) is 10.2. The molecule has 1 N–H and O–H groups in total. The molecule has 31 heavy (non-hydrogen) atoms. The van der Waals surface area contributed by atoms with Gasteiger partial charge in [-0.15, -0.1) is 11.8 Å². The Kier molecular flexibility index (Phi) is 9.38. The first-order chi connectivity index (χ1) is 14.6. The number of rotatable bonds is 9. The fraction of sp³-hybridized carbons (Fsp3) is 0.417. The molecule has 0 bridgehead atoms. The molecule has 4 nitrogen and oxygen atoms in total. The Hall–Kier alpha value is -2.05. The Labute approximate surface area is 193 Å². The maximum Gasteiger partial charge on any atom is 0.242 e. The monoisotopic (exact) mass is 464 g/mol. The van der Waals surface area contributed by atoms with Gasteiger partial charge in [-0.1, -0.05) is 48.0 Å². The maximum atomic E-state index is 14.0. The molecule has 1 atom stereocenters. The highest BCUT2D eigenvalue weighted by Gasteiger charge is 2.28. The SMILES string of the molecule is CC(C(=O)NC(C)(C)C)N(CCc1ccccc1)C(=O)CSCc1c(F)cccc1Cl. The molecule has 0 saturated carbocycles. The van der Waals surface area contributed by atoms with Crippen molar-refractivity contribution in [2.24, 2.45) is 0 Å². The van der Waals surface area contributed by atoms with E-state index in [1.54, 1.807) is 24.0 Å². The summed E-state index contributed by atoms with van der Waals surface area (Å²) in [6.07, 6.45) is 0.642. The predicted octanol–water partition coefficient (Wildman–Crippen LogP) is 5.09. The van der Waals surface area contributed by atoms with Crippen molar-refractivity contribution in [2.45, 2.75) is 51.4 Å². The van der Waals surface area contributed by atoms with E-state index in [-0.39, 0.29) is 29.1 Å². The van der Waals surface area contributed by atoms with Crippen LogP contribution in [0.4, 0.5) is 4.39 Å². The minimum Gasteiger partial charge on any atom is -0.350 e. The summed E-state index contributed by atoms with van der Waals surface area (Å²) in [6, 6.07) is 13.8. The van der Waals surface area contributed by atoms with Crippen LogP contribution < -0.4 is 5.32 Å². The van der Waals surface area contributed by atoms with Crippen LogP contribution in [0, 0.1) is 5.82 Å². The fourth-order valence-electron chi connectivity index (χ4n) is 3.04. The minimum atomic E-state index is -0.618. The third kappa shape index (κ3) is 8.19. The van der Waals surface area contributed by atoms with Crippen molar-refractivity contribution in [1.29, 1.82) is 0 Å². The van der Waals surface area contributed by atoms with Gasteiger partial charge in [-0.3, -0.25) is 9.59 Å². The van der Waals surface area contributed by atoms with Crippen molar-refractivity contribution in [3.8, 4) is 0 Å². The van der Waals surface area contributed by atoms with Crippen LogP contribution in [0.2, 0.25) is 5.02 Å². The largest absolute Gasteiger partial charge is 0.350 e. The second-order valence-electron chi connectivity index (χ2n) is 8.43. The molecule has 0 heterocycles. The quantitative estimate of drug-likeness (QED) is 0.562. The van der Waals surface area contributed by atoms with Crippen LogP contribution >= 0.6 is 23.4 Å². The van der Waals surface area contributed by atoms with Crippen LogP contribution in [0.1, 0.15) is 38.8 Å². The lowest BCUT2D eigenvalue weighted by Crippen LogP contribution is -2.53. The molecule has 168 valence electrons. The highest BCUT2D eigenvalue weighted by molar-refractivity contribution is 7.99. The van der Waals surface area contributed by atoms with Crippen molar-refractivity contribution in [1.82, 2.24) is 10.2 Å². The zero-order valence-electron chi connectivity index (χ0n) is 18.5. The highest BCUT2D eigenvalue weighted by atomic mass is 35.5. The Bertz CT molecular complexity index is 867. The lowest BCUT2D eigenvalue weighted by atomic mass is 10.1. The number of nitrogens with zero attached hydrogens (tertiary/aromatic N) is 1. The van der Waals surface area contributed by atoms with Gasteiger partial charge in [-0.05, 0) is 51.8 Å². The molecular weight excluding hydrogens is 435 g/mol. The summed E-state index contributed by atoms with van der Waals surface area (Å²) in [5.41, 5.74) is 1.08. The van der Waals surface area contributed by atoms with Gasteiger partial charge in [0.05, 0.1) is 5.75 Å². The zero-order chi connectivity index (χ0) is 23.0. The number of halogens is 2. The summed E-state index contributed by atoms with van der Waals surface area (Å²) in [4.78, 5) is 27.4. The summed E-state index contributed by atoms with van der Waals surface area (Å²) in [6.45, 7) is 7.87. The number of benzene rings is 2. The second kappa shape index (κ2) is 11.5. The van der Waals surface area contributed by atoms with Gasteiger partial charge in [-0.2, -0.15) is 0 Å². The van der Waals surface area contributed by atoms with Crippen molar-refractivity contribution in [3.63, 3.8) is 0 Å². The minimum absolute atomic E-state index is 0.132. The number of hydrogen-bond donors (Lipinski definition) is 1. The average Bonchev–Trinajstić information content (AvgIpc) is 2.69. The molecule has 0 aromatic heterocycles. The molecule has 0 saturated heterocycles. The molecule has 7 heteroatoms. The van der Waals surface area contributed by atoms with Gasteiger partial charge < -0.3 is 10.2 Å². The fourth-order valence-corrected chi connectivity index (χ4v) is 4.29. The van der Waals surface area contributed by atoms with E-state index in [1.165, 1.54) is 17.8 Å². The Morgan fingerprint density at radius 1 is 1.13 bits per heavy atom. The van der Waals surface area contributed by atoms with E-state index in [9.17, 15) is 14.0 Å². The van der Waals surface area contributed by atoms with E-state index in [2.05, 4.69) is 5.32 Å². The molecule has 0 spiro atoms. The molecule has 2 aromatic rings. The third-order valence-corrected chi connectivity index (χ3v) is 5.98. The molecule has 0 radical (unpaired) electrons. The topological polar surface area (TPSA) is 49.4 Å². The molecule has 0 fully saturated rings. The number of carbonyl (C=O) groups is 2. The van der Waals surface area contributed by atoms with E-state index in [1.807, 2.05) is 51.1 Å². The van der Waals surface area contributed by atoms with Crippen LogP contribution in [-0.2, 0) is 21.8 Å². The van der Waals surface area contributed by atoms with Crippen LogP contribution in [0.15, 0.2) is 48.5 Å². The van der Waals surface area contributed by atoms with Crippen molar-refractivity contribution >= 4 is 35.2 Å². The zero-order valence-corrected chi connectivity index (χ0v) is 20.0. The molecule has 2 aromatic carbocycles. The standard InChI is InChI=1S/C24H30ClFN2O2S/c1-17(23(30)27-24(2,3)4)28(14-13-18-9-6-5-7-10-18)22(29)16-31-15-19-20(25)11-8-12-21(19)26/h5-12,17H,13-16H2,1-4H3,(H,27,30). The lowest BCUT2D eigenvalue weighted by Gasteiger charge is -2.31. The van der Waals surface area contributed by atoms with Gasteiger partial charge in [0.25, 0.3) is 0 Å². The first kappa shape index (κ1) is 25.2. The van der Waals surface area contributed by atoms with Gasteiger partial charge in [-0.25, -0.2) is 4.39 Å². The Balaban J connectivity index is 2.06. The number of nitrogens with one attached hydrogen (secondary N) is 1. The normalized spacial score (nSPS) is 12.3. The van der Waals surface area contributed by atoms with Crippen molar-refractivity contribution in [3.05, 3.63) is 70.5 Å². The van der Waals surface area contributed by atoms with Crippen LogP contribution in [0.5, 0.6) is 0 Å². The summed E-state index contributed by atoms with van der Waals surface area (Å²) in [7, 11) is 0. The molecule has 2 amide bonds. The van der Waals surface area contributed by atoms with Crippen LogP contribution in [0.3, 0.4) is 0 Å². The average molecular weight is 465 g/mol. The van der Waals surface area contributed by atoms with Gasteiger partial charge in [0.1, 0.15) is 11.9 Å². The van der Waals surface area contributed by atoms with Gasteiger partial charge >= 0.3 is 0 Å². The van der Waals surface area contributed by atoms with Gasteiger partial charge in [0.2, 0.25) is 11.8 Å². The lowest BCUT2D eigenvalue weighted by molar-refractivity contribution is -0.138. The van der Waals surface area contributed by atoms with Gasteiger partial charge in [0.15, 0.2) is 0 Å². The molecular formula is C24H30ClFN2O2S. The third-order valence-electron chi connectivity index (χ3n) is 4.68. The second-order valence-corrected chi connectivity index (χ2v) is 9.82. The molecule has 0 aliphatic carbocycles. The Morgan fingerprint density at radius 2 is 1.81 bits per heavy atom. The molecule has 0 aliphatic heterocycles. The van der Waals surface area contributed by atoms with E-state index >= 15 is 0 Å². The first-order valence-corrected chi connectivity index (χ1v) is 11.8. The van der Waals surface area contributed by atoms with Crippen LogP contribution in [-0.4, -0.2) is 40.6 Å². The van der Waals surface area contributed by atoms with Crippen molar-refractivity contribution in [2.75, 3.05) is 12.3 Å². The molecule has 0 aliphatic rings. The maximum absolute atomic E-state index is 14.0. The smallest absolute Gasteiger partial charge is 0.242 e. The van der Waals surface area contributed by atoms with E-state index in [0.29, 0.717) is 23.6 Å². The molecule has 1 unspecified atom stereocenters. The predicted molar refractivity (Wildman–Crippen MR) is 127 cm³/mol. The van der Waals surface area contributed by atoms with Gasteiger partial charge in [0, 0.05) is 28.4 Å². The van der Waals surface area contributed by atoms with Crippen LogP contribution in [0.25, 0.3) is 0 Å².